The van der Waals surface area contributed by atoms with Gasteiger partial charge in [0.05, 0.1) is 24.8 Å². The first-order chi connectivity index (χ1) is 11.7. The van der Waals surface area contributed by atoms with Crippen LogP contribution in [-0.2, 0) is 23.9 Å². The normalized spacial score (nSPS) is 12.8. The lowest BCUT2D eigenvalue weighted by Gasteiger charge is -2.26. The molecular weight excluding hydrogens is 354 g/mol. The van der Waals surface area contributed by atoms with E-state index in [9.17, 15) is 24.3 Å². The van der Waals surface area contributed by atoms with E-state index < -0.39 is 41.7 Å². The van der Waals surface area contributed by atoms with E-state index in [0.717, 1.165) is 14.2 Å². The van der Waals surface area contributed by atoms with Crippen LogP contribution in [0.2, 0.25) is 5.02 Å². The Morgan fingerprint density at radius 3 is 2.04 bits per heavy atom. The smallest absolute Gasteiger partial charge is 0.326 e. The number of methoxy groups -OCH3 is 2. The number of carbonyl (C=O) groups excluding carboxylic acids is 3. The zero-order chi connectivity index (χ0) is 19.1. The summed E-state index contributed by atoms with van der Waals surface area (Å²) in [6, 6.07) is 4.51. The number of benzene rings is 1. The summed E-state index contributed by atoms with van der Waals surface area (Å²) in [5, 5.41) is 11.8. The Balaban J connectivity index is 3.11. The van der Waals surface area contributed by atoms with Gasteiger partial charge in [-0.15, -0.1) is 0 Å². The number of hydrogen-bond acceptors (Lipinski definition) is 6. The molecule has 1 aromatic carbocycles. The molecule has 0 aromatic heterocycles. The molecule has 0 bridgehead atoms. The molecule has 0 unspecified atom stereocenters. The Morgan fingerprint density at radius 1 is 1.08 bits per heavy atom. The number of carboxylic acid groups (broad SMARTS) is 1. The van der Waals surface area contributed by atoms with E-state index in [1.165, 1.54) is 19.1 Å². The number of ether oxygens (including phenoxy) is 2. The molecule has 0 aliphatic heterocycles. The number of rotatable bonds is 7. The molecule has 1 amide bonds. The van der Waals surface area contributed by atoms with Gasteiger partial charge in [0.15, 0.2) is 5.92 Å². The van der Waals surface area contributed by atoms with Crippen LogP contribution in [0.15, 0.2) is 24.3 Å². The summed E-state index contributed by atoms with van der Waals surface area (Å²) in [6.45, 7) is 1.32. The van der Waals surface area contributed by atoms with E-state index in [2.05, 4.69) is 14.8 Å². The number of carboxylic acids is 1. The molecule has 0 aliphatic carbocycles. The molecule has 0 spiro atoms. The lowest BCUT2D eigenvalue weighted by atomic mass is 9.87. The summed E-state index contributed by atoms with van der Waals surface area (Å²) in [6.07, 6.45) is 0. The van der Waals surface area contributed by atoms with Crippen molar-refractivity contribution in [2.45, 2.75) is 13.0 Å². The molecule has 2 N–H and O–H groups in total. The topological polar surface area (TPSA) is 119 Å². The number of carbonyl (C=O) groups is 4. The fourth-order valence-electron chi connectivity index (χ4n) is 2.25. The highest BCUT2D eigenvalue weighted by Crippen LogP contribution is 2.21. The summed E-state index contributed by atoms with van der Waals surface area (Å²) in [4.78, 5) is 47.5. The Hall–Kier alpha value is -2.61. The van der Waals surface area contributed by atoms with Crippen LogP contribution in [0.4, 0.5) is 0 Å². The molecule has 136 valence electrons. The summed E-state index contributed by atoms with van der Waals surface area (Å²) >= 11 is 5.91. The van der Waals surface area contributed by atoms with Crippen molar-refractivity contribution in [2.75, 3.05) is 14.2 Å². The zero-order valence-corrected chi connectivity index (χ0v) is 14.6. The maximum Gasteiger partial charge on any atom is 0.326 e. The quantitative estimate of drug-likeness (QED) is 0.544. The van der Waals surface area contributed by atoms with Gasteiger partial charge in [-0.2, -0.15) is 0 Å². The van der Waals surface area contributed by atoms with Gasteiger partial charge in [0.1, 0.15) is 6.04 Å². The van der Waals surface area contributed by atoms with Crippen LogP contribution < -0.4 is 5.32 Å². The first-order valence-electron chi connectivity index (χ1n) is 7.18. The molecule has 0 saturated heterocycles. The Kier molecular flexibility index (Phi) is 7.38. The number of hydrogen-bond donors (Lipinski definition) is 2. The summed E-state index contributed by atoms with van der Waals surface area (Å²) in [5.74, 6) is -6.74. The van der Waals surface area contributed by atoms with Crippen LogP contribution >= 0.6 is 11.6 Å². The first-order valence-corrected chi connectivity index (χ1v) is 7.56. The lowest BCUT2D eigenvalue weighted by molar-refractivity contribution is -0.162. The number of nitrogens with one attached hydrogen (secondary N) is 1. The van der Waals surface area contributed by atoms with Gasteiger partial charge in [0.2, 0.25) is 0 Å². The minimum atomic E-state index is -1.55. The van der Waals surface area contributed by atoms with E-state index in [0.29, 0.717) is 0 Å². The minimum absolute atomic E-state index is 0.0651. The molecule has 1 aromatic rings. The van der Waals surface area contributed by atoms with Crippen molar-refractivity contribution < 1.29 is 33.8 Å². The number of amides is 1. The molecule has 9 heteroatoms. The van der Waals surface area contributed by atoms with E-state index in [-0.39, 0.29) is 10.6 Å². The maximum absolute atomic E-state index is 12.3. The van der Waals surface area contributed by atoms with Gasteiger partial charge >= 0.3 is 17.9 Å². The van der Waals surface area contributed by atoms with Crippen molar-refractivity contribution in [1.82, 2.24) is 5.32 Å². The molecule has 0 fully saturated rings. The second-order valence-corrected chi connectivity index (χ2v) is 5.56. The van der Waals surface area contributed by atoms with Crippen LogP contribution in [0.3, 0.4) is 0 Å². The van der Waals surface area contributed by atoms with Crippen molar-refractivity contribution in [3.8, 4) is 0 Å². The third-order valence-corrected chi connectivity index (χ3v) is 3.96. The second-order valence-electron chi connectivity index (χ2n) is 5.15. The zero-order valence-electron chi connectivity index (χ0n) is 13.8. The van der Waals surface area contributed by atoms with Gasteiger partial charge in [0.25, 0.3) is 5.91 Å². The van der Waals surface area contributed by atoms with Crippen molar-refractivity contribution in [2.24, 2.45) is 11.8 Å². The molecule has 0 heterocycles. The summed E-state index contributed by atoms with van der Waals surface area (Å²) in [7, 11) is 2.12. The molecule has 2 atom stereocenters. The molecule has 1 rings (SSSR count). The average molecular weight is 372 g/mol. The second kappa shape index (κ2) is 9.03. The van der Waals surface area contributed by atoms with Crippen LogP contribution in [0.1, 0.15) is 17.3 Å². The van der Waals surface area contributed by atoms with Crippen LogP contribution in [-0.4, -0.2) is 49.2 Å². The molecule has 8 nitrogen and oxygen atoms in total. The van der Waals surface area contributed by atoms with E-state index >= 15 is 0 Å². The van der Waals surface area contributed by atoms with E-state index in [4.69, 9.17) is 11.6 Å². The van der Waals surface area contributed by atoms with Crippen molar-refractivity contribution in [3.63, 3.8) is 0 Å². The summed E-state index contributed by atoms with van der Waals surface area (Å²) < 4.78 is 9.06. The van der Waals surface area contributed by atoms with Gasteiger partial charge in [-0.05, 0) is 12.1 Å². The van der Waals surface area contributed by atoms with Gasteiger partial charge in [-0.25, -0.2) is 4.79 Å². The fourth-order valence-corrected chi connectivity index (χ4v) is 2.48. The van der Waals surface area contributed by atoms with E-state index in [1.807, 2.05) is 0 Å². The monoisotopic (exact) mass is 371 g/mol. The standard InChI is InChI=1S/C16H18ClNO7/c1-8(11(15(22)24-2)16(23)25-3)12(14(20)21)18-13(19)9-6-4-5-7-10(9)17/h4-8,11-12H,1-3H3,(H,18,19)(H,20,21)/t8-,12-/m0/s1. The Morgan fingerprint density at radius 2 is 1.60 bits per heavy atom. The first kappa shape index (κ1) is 20.4. The molecule has 0 saturated carbocycles. The highest BCUT2D eigenvalue weighted by atomic mass is 35.5. The van der Waals surface area contributed by atoms with Crippen molar-refractivity contribution in [1.29, 1.82) is 0 Å². The van der Waals surface area contributed by atoms with Crippen LogP contribution in [0, 0.1) is 11.8 Å². The Bertz CT molecular complexity index is 660. The molecule has 0 radical (unpaired) electrons. The minimum Gasteiger partial charge on any atom is -0.480 e. The van der Waals surface area contributed by atoms with Crippen molar-refractivity contribution >= 4 is 35.4 Å². The predicted octanol–water partition coefficient (Wildman–Crippen LogP) is 1.12. The summed E-state index contributed by atoms with van der Waals surface area (Å²) in [5.41, 5.74) is 0.0651. The van der Waals surface area contributed by atoms with Crippen LogP contribution in [0.5, 0.6) is 0 Å². The van der Waals surface area contributed by atoms with Gasteiger partial charge in [-0.3, -0.25) is 14.4 Å². The predicted molar refractivity (Wildman–Crippen MR) is 87.0 cm³/mol. The third kappa shape index (κ3) is 4.93. The fraction of sp³-hybridized carbons (Fsp3) is 0.375. The largest absolute Gasteiger partial charge is 0.480 e. The number of esters is 2. The van der Waals surface area contributed by atoms with Gasteiger partial charge < -0.3 is 19.9 Å². The number of aliphatic carboxylic acids is 1. The average Bonchev–Trinajstić information content (AvgIpc) is 2.58. The Labute approximate surface area is 149 Å². The highest BCUT2D eigenvalue weighted by Gasteiger charge is 2.42. The number of halogens is 1. The van der Waals surface area contributed by atoms with E-state index in [1.54, 1.807) is 12.1 Å². The van der Waals surface area contributed by atoms with Gasteiger partial charge in [-0.1, -0.05) is 30.7 Å². The van der Waals surface area contributed by atoms with Gasteiger partial charge in [0, 0.05) is 5.92 Å². The molecular formula is C16H18ClNO7. The lowest BCUT2D eigenvalue weighted by Crippen LogP contribution is -2.50. The SMILES string of the molecule is COC(=O)C(C(=O)OC)[C@H](C)[C@H](NC(=O)c1ccccc1Cl)C(=O)O. The van der Waals surface area contributed by atoms with Crippen LogP contribution in [0.25, 0.3) is 0 Å². The third-order valence-electron chi connectivity index (χ3n) is 3.63. The van der Waals surface area contributed by atoms with Crippen molar-refractivity contribution in [3.05, 3.63) is 34.9 Å². The molecule has 0 aliphatic rings. The maximum atomic E-state index is 12.3. The highest BCUT2D eigenvalue weighted by molar-refractivity contribution is 6.33. The molecule has 25 heavy (non-hydrogen) atoms.